The number of hydrogen-bond donors (Lipinski definition) is 2. The Hall–Kier alpha value is -1.55. The van der Waals surface area contributed by atoms with Crippen LogP contribution in [0.15, 0.2) is 18.2 Å². The zero-order chi connectivity index (χ0) is 13.8. The minimum absolute atomic E-state index is 0.119. The van der Waals surface area contributed by atoms with E-state index in [1.54, 1.807) is 0 Å². The van der Waals surface area contributed by atoms with E-state index in [2.05, 4.69) is 47.6 Å². The Morgan fingerprint density at radius 2 is 2.21 bits per heavy atom. The third-order valence-electron chi connectivity index (χ3n) is 3.80. The van der Waals surface area contributed by atoms with Crippen LogP contribution in [-0.4, -0.2) is 38.6 Å². The Kier molecular flexibility index (Phi) is 4.43. The van der Waals surface area contributed by atoms with Gasteiger partial charge in [-0.3, -0.25) is 4.79 Å². The average molecular weight is 261 g/mol. The summed E-state index contributed by atoms with van der Waals surface area (Å²) in [6.07, 6.45) is 0.962. The van der Waals surface area contributed by atoms with Crippen molar-refractivity contribution in [2.24, 2.45) is 0 Å². The normalized spacial score (nSPS) is 19.4. The third-order valence-corrected chi connectivity index (χ3v) is 3.80. The van der Waals surface area contributed by atoms with Gasteiger partial charge in [0.1, 0.15) is 0 Å². The molecule has 0 saturated carbocycles. The lowest BCUT2D eigenvalue weighted by Gasteiger charge is -2.35. The van der Waals surface area contributed by atoms with Gasteiger partial charge in [-0.05, 0) is 51.1 Å². The largest absolute Gasteiger partial charge is 0.360 e. The molecule has 1 aromatic carbocycles. The molecule has 1 atom stereocenters. The Labute approximate surface area is 115 Å². The van der Waals surface area contributed by atoms with Gasteiger partial charge < -0.3 is 15.5 Å². The lowest BCUT2D eigenvalue weighted by molar-refractivity contribution is -0.121. The Morgan fingerprint density at radius 3 is 2.95 bits per heavy atom. The number of carbonyl (C=O) groups excluding carboxylic acids is 1. The van der Waals surface area contributed by atoms with E-state index in [0.29, 0.717) is 6.54 Å². The first-order valence-corrected chi connectivity index (χ1v) is 6.87. The first-order valence-electron chi connectivity index (χ1n) is 6.87. The summed E-state index contributed by atoms with van der Waals surface area (Å²) in [5, 5.41) is 6.20. The number of rotatable bonds is 4. The molecule has 2 N–H and O–H groups in total. The number of anilines is 1. The molecular formula is C15H23N3O. The van der Waals surface area contributed by atoms with Crippen molar-refractivity contribution >= 4 is 11.6 Å². The first kappa shape index (κ1) is 13.9. The molecule has 0 bridgehead atoms. The van der Waals surface area contributed by atoms with Crippen LogP contribution in [0.5, 0.6) is 0 Å². The lowest BCUT2D eigenvalue weighted by atomic mass is 10.0. The molecule has 0 radical (unpaired) electrons. The van der Waals surface area contributed by atoms with Gasteiger partial charge in [0.25, 0.3) is 0 Å². The summed E-state index contributed by atoms with van der Waals surface area (Å²) in [5.74, 6) is 0.119. The maximum atomic E-state index is 11.8. The lowest BCUT2D eigenvalue weighted by Crippen LogP contribution is -2.55. The van der Waals surface area contributed by atoms with Crippen LogP contribution in [0.1, 0.15) is 17.5 Å². The maximum Gasteiger partial charge on any atom is 0.239 e. The van der Waals surface area contributed by atoms with Crippen molar-refractivity contribution in [3.63, 3.8) is 0 Å². The molecule has 1 aliphatic rings. The van der Waals surface area contributed by atoms with E-state index in [1.165, 1.54) is 16.8 Å². The second-order valence-electron chi connectivity index (χ2n) is 5.26. The number of amides is 1. The Bertz CT molecular complexity index is 459. The summed E-state index contributed by atoms with van der Waals surface area (Å²) in [5.41, 5.74) is 3.73. The van der Waals surface area contributed by atoms with E-state index in [4.69, 9.17) is 0 Å². The molecule has 1 fully saturated rings. The number of aryl methyl sites for hydroxylation is 1. The predicted molar refractivity (Wildman–Crippen MR) is 78.6 cm³/mol. The Morgan fingerprint density at radius 1 is 1.42 bits per heavy atom. The molecule has 1 aromatic rings. The summed E-state index contributed by atoms with van der Waals surface area (Å²) in [6, 6.07) is 6.51. The van der Waals surface area contributed by atoms with E-state index in [1.807, 2.05) is 7.05 Å². The fourth-order valence-corrected chi connectivity index (χ4v) is 2.57. The van der Waals surface area contributed by atoms with Crippen LogP contribution in [0.4, 0.5) is 5.69 Å². The molecule has 19 heavy (non-hydrogen) atoms. The number of piperazine rings is 1. The fourth-order valence-electron chi connectivity index (χ4n) is 2.57. The van der Waals surface area contributed by atoms with Gasteiger partial charge in [-0.25, -0.2) is 0 Å². The predicted octanol–water partition coefficient (Wildman–Crippen LogP) is 1.22. The van der Waals surface area contributed by atoms with E-state index < -0.39 is 0 Å². The van der Waals surface area contributed by atoms with E-state index in [0.717, 1.165) is 19.5 Å². The molecule has 1 amide bonds. The van der Waals surface area contributed by atoms with Gasteiger partial charge >= 0.3 is 0 Å². The smallest absolute Gasteiger partial charge is 0.239 e. The molecule has 2 rings (SSSR count). The molecule has 0 aromatic heterocycles. The van der Waals surface area contributed by atoms with Crippen molar-refractivity contribution < 1.29 is 4.79 Å². The summed E-state index contributed by atoms with van der Waals surface area (Å²) in [6.45, 7) is 6.50. The number of benzene rings is 1. The molecular weight excluding hydrogens is 238 g/mol. The van der Waals surface area contributed by atoms with E-state index >= 15 is 0 Å². The van der Waals surface area contributed by atoms with Crippen LogP contribution in [0.25, 0.3) is 0 Å². The maximum absolute atomic E-state index is 11.8. The van der Waals surface area contributed by atoms with Crippen LogP contribution in [-0.2, 0) is 4.79 Å². The van der Waals surface area contributed by atoms with Crippen molar-refractivity contribution in [1.82, 2.24) is 10.6 Å². The van der Waals surface area contributed by atoms with Crippen LogP contribution < -0.4 is 15.5 Å². The highest BCUT2D eigenvalue weighted by molar-refractivity contribution is 5.83. The third kappa shape index (κ3) is 3.26. The van der Waals surface area contributed by atoms with Crippen LogP contribution in [0.2, 0.25) is 0 Å². The number of nitrogens with one attached hydrogen (secondary N) is 2. The highest BCUT2D eigenvalue weighted by Gasteiger charge is 2.25. The zero-order valence-corrected chi connectivity index (χ0v) is 12.0. The molecule has 1 saturated heterocycles. The van der Waals surface area contributed by atoms with Crippen molar-refractivity contribution in [2.45, 2.75) is 26.3 Å². The van der Waals surface area contributed by atoms with Crippen molar-refractivity contribution in [3.8, 4) is 0 Å². The molecule has 104 valence electrons. The van der Waals surface area contributed by atoms with Crippen molar-refractivity contribution in [2.75, 3.05) is 31.6 Å². The second-order valence-corrected chi connectivity index (χ2v) is 5.26. The molecule has 0 aliphatic carbocycles. The van der Waals surface area contributed by atoms with Gasteiger partial charge in [0, 0.05) is 18.3 Å². The van der Waals surface area contributed by atoms with Gasteiger partial charge in [0.2, 0.25) is 5.91 Å². The number of hydrogen-bond acceptors (Lipinski definition) is 3. The number of nitrogens with zero attached hydrogens (tertiary/aromatic N) is 1. The van der Waals surface area contributed by atoms with Crippen molar-refractivity contribution in [1.29, 1.82) is 0 Å². The SMILES string of the molecule is CNCCC1CN(c2cccc(C)c2C)CC(=O)N1. The standard InChI is InChI=1S/C15H23N3O/c1-11-5-4-6-14(12(11)2)18-9-13(7-8-16-3)17-15(19)10-18/h4-6,13,16H,7-10H2,1-3H3,(H,17,19). The van der Waals surface area contributed by atoms with Gasteiger partial charge in [0.15, 0.2) is 0 Å². The van der Waals surface area contributed by atoms with Gasteiger partial charge in [-0.1, -0.05) is 12.1 Å². The summed E-state index contributed by atoms with van der Waals surface area (Å²) in [7, 11) is 1.94. The molecule has 4 nitrogen and oxygen atoms in total. The molecule has 0 spiro atoms. The molecule has 1 heterocycles. The second kappa shape index (κ2) is 6.06. The molecule has 1 aliphatic heterocycles. The minimum atomic E-state index is 0.119. The van der Waals surface area contributed by atoms with E-state index in [9.17, 15) is 4.79 Å². The summed E-state index contributed by atoms with van der Waals surface area (Å²) >= 11 is 0. The highest BCUT2D eigenvalue weighted by Crippen LogP contribution is 2.24. The van der Waals surface area contributed by atoms with Crippen LogP contribution >= 0.6 is 0 Å². The highest BCUT2D eigenvalue weighted by atomic mass is 16.2. The van der Waals surface area contributed by atoms with Gasteiger partial charge in [0.05, 0.1) is 6.54 Å². The molecule has 1 unspecified atom stereocenters. The minimum Gasteiger partial charge on any atom is -0.360 e. The summed E-state index contributed by atoms with van der Waals surface area (Å²) in [4.78, 5) is 14.0. The number of carbonyl (C=O) groups is 1. The van der Waals surface area contributed by atoms with Gasteiger partial charge in [-0.2, -0.15) is 0 Å². The Balaban J connectivity index is 2.14. The topological polar surface area (TPSA) is 44.4 Å². The first-order chi connectivity index (χ1) is 9.11. The van der Waals surface area contributed by atoms with Crippen LogP contribution in [0.3, 0.4) is 0 Å². The summed E-state index contributed by atoms with van der Waals surface area (Å²) < 4.78 is 0. The average Bonchev–Trinajstić information content (AvgIpc) is 2.39. The fraction of sp³-hybridized carbons (Fsp3) is 0.533. The quantitative estimate of drug-likeness (QED) is 0.856. The van der Waals surface area contributed by atoms with Gasteiger partial charge in [-0.15, -0.1) is 0 Å². The zero-order valence-electron chi connectivity index (χ0n) is 12.0. The molecule has 4 heteroatoms. The van der Waals surface area contributed by atoms with Crippen molar-refractivity contribution in [3.05, 3.63) is 29.3 Å². The van der Waals surface area contributed by atoms with Crippen LogP contribution in [0, 0.1) is 13.8 Å². The monoisotopic (exact) mass is 261 g/mol. The van der Waals surface area contributed by atoms with E-state index in [-0.39, 0.29) is 11.9 Å².